The monoisotopic (exact) mass is 356 g/mol. The van der Waals surface area contributed by atoms with Crippen molar-refractivity contribution in [3.05, 3.63) is 87.9 Å². The van der Waals surface area contributed by atoms with Gasteiger partial charge in [0.1, 0.15) is 23.5 Å². The molecule has 0 spiro atoms. The van der Waals surface area contributed by atoms with Gasteiger partial charge >= 0.3 is 0 Å². The molecule has 3 aromatic rings. The summed E-state index contributed by atoms with van der Waals surface area (Å²) in [6, 6.07) is 15.8. The number of ether oxygens (including phenoxy) is 1. The van der Waals surface area contributed by atoms with Crippen LogP contribution in [-0.4, -0.2) is 0 Å². The molecule has 0 radical (unpaired) electrons. The molecule has 0 fully saturated rings. The molecule has 0 amide bonds. The molecule has 0 aliphatic carbocycles. The molecular formula is C21H15ClF2O. The van der Waals surface area contributed by atoms with Gasteiger partial charge in [-0.2, -0.15) is 0 Å². The molecule has 1 heterocycles. The van der Waals surface area contributed by atoms with E-state index in [0.717, 1.165) is 11.1 Å². The van der Waals surface area contributed by atoms with Gasteiger partial charge < -0.3 is 4.74 Å². The zero-order chi connectivity index (χ0) is 17.6. The first kappa shape index (κ1) is 16.1. The van der Waals surface area contributed by atoms with Crippen molar-refractivity contribution in [2.45, 2.75) is 19.4 Å². The number of fused-ring (bicyclic) bond motifs is 1. The average Bonchev–Trinajstić information content (AvgIpc) is 3.02. The van der Waals surface area contributed by atoms with Crippen LogP contribution in [0, 0.1) is 18.6 Å². The minimum atomic E-state index is -0.605. The Bertz CT molecular complexity index is 934. The molecule has 4 heteroatoms. The topological polar surface area (TPSA) is 9.23 Å². The highest BCUT2D eigenvalue weighted by Crippen LogP contribution is 2.47. The summed E-state index contributed by atoms with van der Waals surface area (Å²) in [6.07, 6.45) is 0.280. The van der Waals surface area contributed by atoms with Crippen molar-refractivity contribution in [1.29, 1.82) is 0 Å². The van der Waals surface area contributed by atoms with E-state index in [1.54, 1.807) is 19.1 Å². The number of hydrogen-bond donors (Lipinski definition) is 0. The van der Waals surface area contributed by atoms with E-state index in [-0.39, 0.29) is 11.1 Å². The SMILES string of the molecule is Cc1cccc(F)c1-c1c(Cl)c(F)cc2c1CC(c1ccccc1)O2. The van der Waals surface area contributed by atoms with E-state index in [2.05, 4.69) is 0 Å². The summed E-state index contributed by atoms with van der Waals surface area (Å²) in [7, 11) is 0. The van der Waals surface area contributed by atoms with Crippen LogP contribution in [0.25, 0.3) is 11.1 Å². The van der Waals surface area contributed by atoms with E-state index < -0.39 is 11.6 Å². The zero-order valence-electron chi connectivity index (χ0n) is 13.5. The Morgan fingerprint density at radius 1 is 0.960 bits per heavy atom. The van der Waals surface area contributed by atoms with Gasteiger partial charge in [0.25, 0.3) is 0 Å². The highest BCUT2D eigenvalue weighted by atomic mass is 35.5. The van der Waals surface area contributed by atoms with Gasteiger partial charge in [0, 0.05) is 29.2 Å². The molecule has 3 aromatic carbocycles. The predicted molar refractivity (Wildman–Crippen MR) is 95.1 cm³/mol. The molecule has 25 heavy (non-hydrogen) atoms. The van der Waals surface area contributed by atoms with E-state index >= 15 is 0 Å². The van der Waals surface area contributed by atoms with Crippen molar-refractivity contribution < 1.29 is 13.5 Å². The molecule has 1 aliphatic heterocycles. The van der Waals surface area contributed by atoms with Crippen LogP contribution in [-0.2, 0) is 6.42 Å². The third kappa shape index (κ3) is 2.69. The first-order chi connectivity index (χ1) is 12.1. The first-order valence-corrected chi connectivity index (χ1v) is 8.42. The smallest absolute Gasteiger partial charge is 0.146 e. The lowest BCUT2D eigenvalue weighted by Crippen LogP contribution is -2.02. The molecule has 0 aromatic heterocycles. The van der Waals surface area contributed by atoms with E-state index in [9.17, 15) is 8.78 Å². The maximum Gasteiger partial charge on any atom is 0.146 e. The van der Waals surface area contributed by atoms with Gasteiger partial charge in [0.2, 0.25) is 0 Å². The van der Waals surface area contributed by atoms with Crippen LogP contribution in [0.15, 0.2) is 54.6 Å². The van der Waals surface area contributed by atoms with Gasteiger partial charge in [-0.3, -0.25) is 0 Å². The molecule has 0 N–H and O–H groups in total. The second kappa shape index (κ2) is 6.16. The fourth-order valence-electron chi connectivity index (χ4n) is 3.39. The summed E-state index contributed by atoms with van der Waals surface area (Å²) in [6.45, 7) is 1.79. The van der Waals surface area contributed by atoms with Crippen LogP contribution in [0.1, 0.15) is 22.8 Å². The van der Waals surface area contributed by atoms with Crippen molar-refractivity contribution in [1.82, 2.24) is 0 Å². The third-order valence-corrected chi connectivity index (χ3v) is 4.96. The van der Waals surface area contributed by atoms with Gasteiger partial charge in [-0.1, -0.05) is 54.1 Å². The normalized spacial score (nSPS) is 15.8. The Labute approximate surface area is 149 Å². The second-order valence-electron chi connectivity index (χ2n) is 6.18. The minimum Gasteiger partial charge on any atom is -0.485 e. The Morgan fingerprint density at radius 2 is 1.72 bits per heavy atom. The fraction of sp³-hybridized carbons (Fsp3) is 0.143. The summed E-state index contributed by atoms with van der Waals surface area (Å²) in [5, 5.41) is -0.0655. The predicted octanol–water partition coefficient (Wildman–Crippen LogP) is 6.27. The molecule has 0 saturated carbocycles. The number of hydrogen-bond acceptors (Lipinski definition) is 1. The highest BCUT2D eigenvalue weighted by molar-refractivity contribution is 6.33. The van der Waals surface area contributed by atoms with Crippen molar-refractivity contribution >= 4 is 11.6 Å². The van der Waals surface area contributed by atoms with Crippen molar-refractivity contribution in [3.63, 3.8) is 0 Å². The largest absolute Gasteiger partial charge is 0.485 e. The number of aryl methyl sites for hydroxylation is 1. The lowest BCUT2D eigenvalue weighted by atomic mass is 9.92. The lowest BCUT2D eigenvalue weighted by molar-refractivity contribution is 0.238. The summed E-state index contributed by atoms with van der Waals surface area (Å²) < 4.78 is 34.8. The quantitative estimate of drug-likeness (QED) is 0.525. The lowest BCUT2D eigenvalue weighted by Gasteiger charge is -2.14. The second-order valence-corrected chi connectivity index (χ2v) is 6.56. The van der Waals surface area contributed by atoms with Crippen LogP contribution in [0.3, 0.4) is 0 Å². The van der Waals surface area contributed by atoms with E-state index in [1.807, 2.05) is 30.3 Å². The van der Waals surface area contributed by atoms with Gasteiger partial charge in [-0.05, 0) is 24.1 Å². The summed E-state index contributed by atoms with van der Waals surface area (Å²) >= 11 is 6.25. The summed E-state index contributed by atoms with van der Waals surface area (Å²) in [4.78, 5) is 0. The molecule has 1 aliphatic rings. The van der Waals surface area contributed by atoms with E-state index in [4.69, 9.17) is 16.3 Å². The Hall–Kier alpha value is -2.39. The Morgan fingerprint density at radius 3 is 2.44 bits per heavy atom. The number of halogens is 3. The molecule has 1 unspecified atom stereocenters. The maximum absolute atomic E-state index is 14.5. The van der Waals surface area contributed by atoms with E-state index in [1.165, 1.54) is 12.1 Å². The van der Waals surface area contributed by atoms with E-state index in [0.29, 0.717) is 28.9 Å². The molecule has 1 atom stereocenters. The molecule has 4 rings (SSSR count). The molecule has 1 nitrogen and oxygen atoms in total. The van der Waals surface area contributed by atoms with Crippen LogP contribution < -0.4 is 4.74 Å². The summed E-state index contributed by atoms with van der Waals surface area (Å²) in [5.74, 6) is -0.599. The number of benzene rings is 3. The Balaban J connectivity index is 1.89. The standard InChI is InChI=1S/C21H15ClF2O/c1-12-6-5-9-15(23)19(12)20-14-10-17(13-7-3-2-4-8-13)25-18(14)11-16(24)21(20)22/h2-9,11,17H,10H2,1H3. The van der Waals surface area contributed by atoms with Crippen molar-refractivity contribution in [3.8, 4) is 16.9 Å². The Kier molecular flexibility index (Phi) is 3.97. The van der Waals surface area contributed by atoms with Crippen LogP contribution in [0.2, 0.25) is 5.02 Å². The van der Waals surface area contributed by atoms with Gasteiger partial charge in [0.05, 0.1) is 5.02 Å². The van der Waals surface area contributed by atoms with Gasteiger partial charge in [0.15, 0.2) is 0 Å². The minimum absolute atomic E-state index is 0.0655. The molecular weight excluding hydrogens is 342 g/mol. The first-order valence-electron chi connectivity index (χ1n) is 8.04. The van der Waals surface area contributed by atoms with Crippen LogP contribution in [0.4, 0.5) is 8.78 Å². The summed E-state index contributed by atoms with van der Waals surface area (Å²) in [5.41, 5.74) is 3.17. The molecule has 0 saturated heterocycles. The fourth-order valence-corrected chi connectivity index (χ4v) is 3.65. The van der Waals surface area contributed by atoms with Crippen molar-refractivity contribution in [2.75, 3.05) is 0 Å². The average molecular weight is 357 g/mol. The number of rotatable bonds is 2. The maximum atomic E-state index is 14.5. The van der Waals surface area contributed by atoms with Crippen LogP contribution >= 0.6 is 11.6 Å². The molecule has 0 bridgehead atoms. The molecule has 126 valence electrons. The van der Waals surface area contributed by atoms with Gasteiger partial charge in [-0.25, -0.2) is 8.78 Å². The zero-order valence-corrected chi connectivity index (χ0v) is 14.3. The van der Waals surface area contributed by atoms with Gasteiger partial charge in [-0.15, -0.1) is 0 Å². The van der Waals surface area contributed by atoms with Crippen molar-refractivity contribution in [2.24, 2.45) is 0 Å². The highest BCUT2D eigenvalue weighted by Gasteiger charge is 2.31. The third-order valence-electron chi connectivity index (χ3n) is 4.59. The van der Waals surface area contributed by atoms with Crippen LogP contribution in [0.5, 0.6) is 5.75 Å².